The molecular weight excluding hydrogens is 278 g/mol. The summed E-state index contributed by atoms with van der Waals surface area (Å²) in [6.07, 6.45) is 5.90. The molecular formula is C17H23N3S. The van der Waals surface area contributed by atoms with E-state index < -0.39 is 0 Å². The zero-order valence-corrected chi connectivity index (χ0v) is 13.5. The third kappa shape index (κ3) is 2.76. The van der Waals surface area contributed by atoms with Gasteiger partial charge in [0.2, 0.25) is 0 Å². The first-order valence-corrected chi connectivity index (χ1v) is 8.57. The highest BCUT2D eigenvalue weighted by atomic mass is 32.1. The van der Waals surface area contributed by atoms with Crippen LogP contribution in [0.25, 0.3) is 0 Å². The topological polar surface area (TPSA) is 42.1 Å². The molecule has 3 rings (SSSR count). The lowest BCUT2D eigenvalue weighted by Gasteiger charge is -2.42. The molecule has 1 aliphatic heterocycles. The Balaban J connectivity index is 1.94. The van der Waals surface area contributed by atoms with Gasteiger partial charge in [0.15, 0.2) is 0 Å². The summed E-state index contributed by atoms with van der Waals surface area (Å²) >= 11 is 1.88. The Morgan fingerprint density at radius 3 is 3.05 bits per heavy atom. The molecule has 112 valence electrons. The number of nitrogens with zero attached hydrogens (tertiary/aromatic N) is 2. The SMILES string of the molecule is CCC(N)C(c1cccnc1)N1CCc2sccc2C1C. The minimum atomic E-state index is 0.136. The van der Waals surface area contributed by atoms with Gasteiger partial charge in [0.25, 0.3) is 0 Å². The lowest BCUT2D eigenvalue weighted by Crippen LogP contribution is -2.44. The fourth-order valence-corrected chi connectivity index (χ4v) is 4.33. The van der Waals surface area contributed by atoms with E-state index >= 15 is 0 Å². The number of hydrogen-bond donors (Lipinski definition) is 1. The zero-order valence-electron chi connectivity index (χ0n) is 12.7. The van der Waals surface area contributed by atoms with Gasteiger partial charge in [-0.25, -0.2) is 0 Å². The van der Waals surface area contributed by atoms with E-state index in [1.54, 1.807) is 0 Å². The molecule has 1 aliphatic rings. The molecule has 0 aromatic carbocycles. The van der Waals surface area contributed by atoms with E-state index in [0.717, 1.165) is 19.4 Å². The largest absolute Gasteiger partial charge is 0.326 e. The molecule has 0 spiro atoms. The Morgan fingerprint density at radius 2 is 2.33 bits per heavy atom. The molecule has 0 aliphatic carbocycles. The highest BCUT2D eigenvalue weighted by Gasteiger charge is 2.33. The molecule has 3 unspecified atom stereocenters. The maximum absolute atomic E-state index is 6.47. The lowest BCUT2D eigenvalue weighted by molar-refractivity contribution is 0.113. The molecule has 0 radical (unpaired) electrons. The van der Waals surface area contributed by atoms with Crippen LogP contribution in [-0.2, 0) is 6.42 Å². The molecule has 3 atom stereocenters. The van der Waals surface area contributed by atoms with Crippen LogP contribution >= 0.6 is 11.3 Å². The fourth-order valence-electron chi connectivity index (χ4n) is 3.37. The summed E-state index contributed by atoms with van der Waals surface area (Å²) < 4.78 is 0. The molecule has 21 heavy (non-hydrogen) atoms. The van der Waals surface area contributed by atoms with Crippen molar-refractivity contribution in [1.29, 1.82) is 0 Å². The molecule has 0 saturated carbocycles. The average molecular weight is 301 g/mol. The van der Waals surface area contributed by atoms with Gasteiger partial charge < -0.3 is 5.73 Å². The summed E-state index contributed by atoms with van der Waals surface area (Å²) in [6.45, 7) is 5.54. The van der Waals surface area contributed by atoms with Crippen molar-refractivity contribution in [2.45, 2.75) is 44.8 Å². The minimum Gasteiger partial charge on any atom is -0.326 e. The fraction of sp³-hybridized carbons (Fsp3) is 0.471. The predicted molar refractivity (Wildman–Crippen MR) is 88.4 cm³/mol. The molecule has 3 heterocycles. The van der Waals surface area contributed by atoms with Crippen molar-refractivity contribution in [2.75, 3.05) is 6.54 Å². The zero-order chi connectivity index (χ0) is 14.8. The van der Waals surface area contributed by atoms with Gasteiger partial charge in [-0.3, -0.25) is 9.88 Å². The van der Waals surface area contributed by atoms with Crippen LogP contribution < -0.4 is 5.73 Å². The molecule has 2 aromatic rings. The van der Waals surface area contributed by atoms with Crippen LogP contribution in [0.5, 0.6) is 0 Å². The van der Waals surface area contributed by atoms with E-state index in [4.69, 9.17) is 5.73 Å². The van der Waals surface area contributed by atoms with Crippen LogP contribution in [-0.4, -0.2) is 22.5 Å². The van der Waals surface area contributed by atoms with Gasteiger partial charge in [0, 0.05) is 35.9 Å². The van der Waals surface area contributed by atoms with Gasteiger partial charge in [0.1, 0.15) is 0 Å². The van der Waals surface area contributed by atoms with Crippen LogP contribution in [0, 0.1) is 0 Å². The van der Waals surface area contributed by atoms with Gasteiger partial charge in [-0.1, -0.05) is 13.0 Å². The van der Waals surface area contributed by atoms with E-state index in [1.807, 2.05) is 29.8 Å². The van der Waals surface area contributed by atoms with Gasteiger partial charge in [-0.2, -0.15) is 0 Å². The highest BCUT2D eigenvalue weighted by Crippen LogP contribution is 2.39. The first kappa shape index (κ1) is 14.7. The highest BCUT2D eigenvalue weighted by molar-refractivity contribution is 7.10. The van der Waals surface area contributed by atoms with E-state index in [-0.39, 0.29) is 12.1 Å². The van der Waals surface area contributed by atoms with Crippen molar-refractivity contribution < 1.29 is 0 Å². The molecule has 0 bridgehead atoms. The summed E-state index contributed by atoms with van der Waals surface area (Å²) in [5.41, 5.74) is 9.18. The van der Waals surface area contributed by atoms with Gasteiger partial charge in [-0.15, -0.1) is 11.3 Å². The Bertz CT molecular complexity index is 581. The number of pyridine rings is 1. The second-order valence-electron chi connectivity index (χ2n) is 5.77. The second kappa shape index (κ2) is 6.26. The Hall–Kier alpha value is -1.23. The minimum absolute atomic E-state index is 0.136. The third-order valence-electron chi connectivity index (χ3n) is 4.58. The number of hydrogen-bond acceptors (Lipinski definition) is 4. The molecule has 2 N–H and O–H groups in total. The van der Waals surface area contributed by atoms with Crippen molar-refractivity contribution in [2.24, 2.45) is 5.73 Å². The first-order valence-electron chi connectivity index (χ1n) is 7.70. The maximum atomic E-state index is 6.47. The summed E-state index contributed by atoms with van der Waals surface area (Å²) in [5.74, 6) is 0. The summed E-state index contributed by atoms with van der Waals surface area (Å²) in [6, 6.07) is 7.24. The van der Waals surface area contributed by atoms with E-state index in [0.29, 0.717) is 6.04 Å². The average Bonchev–Trinajstić information content (AvgIpc) is 3.00. The van der Waals surface area contributed by atoms with Gasteiger partial charge in [-0.05, 0) is 48.4 Å². The van der Waals surface area contributed by atoms with Crippen molar-refractivity contribution in [3.05, 3.63) is 52.0 Å². The molecule has 0 saturated heterocycles. The molecule has 4 heteroatoms. The quantitative estimate of drug-likeness (QED) is 0.939. The summed E-state index contributed by atoms with van der Waals surface area (Å²) in [4.78, 5) is 8.39. The predicted octanol–water partition coefficient (Wildman–Crippen LogP) is 3.54. The number of nitrogens with two attached hydrogens (primary N) is 1. The number of rotatable bonds is 4. The molecule has 0 fully saturated rings. The van der Waals surface area contributed by atoms with E-state index in [9.17, 15) is 0 Å². The molecule has 3 nitrogen and oxygen atoms in total. The monoisotopic (exact) mass is 301 g/mol. The van der Waals surface area contributed by atoms with Crippen LogP contribution in [0.2, 0.25) is 0 Å². The van der Waals surface area contributed by atoms with Gasteiger partial charge >= 0.3 is 0 Å². The maximum Gasteiger partial charge on any atom is 0.0520 e. The Labute approximate surface area is 130 Å². The van der Waals surface area contributed by atoms with Crippen molar-refractivity contribution in [3.8, 4) is 0 Å². The van der Waals surface area contributed by atoms with E-state index in [2.05, 4.69) is 41.2 Å². The second-order valence-corrected chi connectivity index (χ2v) is 6.77. The normalized spacial score (nSPS) is 21.8. The number of fused-ring (bicyclic) bond motifs is 1. The van der Waals surface area contributed by atoms with Crippen molar-refractivity contribution >= 4 is 11.3 Å². The first-order chi connectivity index (χ1) is 10.2. The molecule has 2 aromatic heterocycles. The summed E-state index contributed by atoms with van der Waals surface area (Å²) in [7, 11) is 0. The smallest absolute Gasteiger partial charge is 0.0520 e. The third-order valence-corrected chi connectivity index (χ3v) is 5.58. The van der Waals surface area contributed by atoms with Gasteiger partial charge in [0.05, 0.1) is 6.04 Å². The van der Waals surface area contributed by atoms with Crippen molar-refractivity contribution in [3.63, 3.8) is 0 Å². The lowest BCUT2D eigenvalue weighted by atomic mass is 9.92. The Kier molecular flexibility index (Phi) is 4.38. The van der Waals surface area contributed by atoms with Crippen LogP contribution in [0.15, 0.2) is 36.0 Å². The van der Waals surface area contributed by atoms with E-state index in [1.165, 1.54) is 16.0 Å². The number of thiophene rings is 1. The van der Waals surface area contributed by atoms with Crippen LogP contribution in [0.3, 0.4) is 0 Å². The van der Waals surface area contributed by atoms with Crippen LogP contribution in [0.1, 0.15) is 48.4 Å². The molecule has 0 amide bonds. The van der Waals surface area contributed by atoms with Crippen molar-refractivity contribution in [1.82, 2.24) is 9.88 Å². The number of aromatic nitrogens is 1. The standard InChI is InChI=1S/C17H23N3S/c1-3-15(18)17(13-5-4-8-19-11-13)20-9-6-16-14(12(20)2)7-10-21-16/h4-5,7-8,10-12,15,17H,3,6,9,18H2,1-2H3. The summed E-state index contributed by atoms with van der Waals surface area (Å²) in [5, 5.41) is 2.21. The Morgan fingerprint density at radius 1 is 1.48 bits per heavy atom. The van der Waals surface area contributed by atoms with Crippen LogP contribution in [0.4, 0.5) is 0 Å².